The Balaban J connectivity index is 2.84. The molecule has 0 unspecified atom stereocenters. The first kappa shape index (κ1) is 14.7. The topological polar surface area (TPSA) is 46.5 Å². The molecule has 0 fully saturated rings. The Morgan fingerprint density at radius 1 is 1.28 bits per heavy atom. The average Bonchev–Trinajstić information content (AvgIpc) is 2.38. The number of hydrogen-bond donors (Lipinski definition) is 1. The van der Waals surface area contributed by atoms with Crippen molar-refractivity contribution in [1.82, 2.24) is 0 Å². The van der Waals surface area contributed by atoms with Gasteiger partial charge in [-0.05, 0) is 18.9 Å². The summed E-state index contributed by atoms with van der Waals surface area (Å²) < 4.78 is 4.94. The lowest BCUT2D eigenvalue weighted by Gasteiger charge is -2.27. The molecule has 0 amide bonds. The molecule has 18 heavy (non-hydrogen) atoms. The number of ether oxygens (including phenoxy) is 1. The third-order valence-corrected chi connectivity index (χ3v) is 3.00. The van der Waals surface area contributed by atoms with E-state index in [0.29, 0.717) is 13.0 Å². The van der Waals surface area contributed by atoms with Gasteiger partial charge < -0.3 is 9.84 Å². The third-order valence-electron chi connectivity index (χ3n) is 3.00. The molecule has 0 bridgehead atoms. The molecular formula is C15H22O3. The number of benzene rings is 1. The summed E-state index contributed by atoms with van der Waals surface area (Å²) in [5.41, 5.74) is -0.324. The predicted octanol–water partition coefficient (Wildman–Crippen LogP) is 3.02. The highest BCUT2D eigenvalue weighted by Crippen LogP contribution is 2.31. The number of carbonyl (C=O) groups excluding carboxylic acids is 1. The van der Waals surface area contributed by atoms with Crippen molar-refractivity contribution < 1.29 is 14.6 Å². The maximum Gasteiger partial charge on any atom is 0.309 e. The number of esters is 1. The van der Waals surface area contributed by atoms with Gasteiger partial charge in [-0.2, -0.15) is 0 Å². The summed E-state index contributed by atoms with van der Waals surface area (Å²) in [6.07, 6.45) is 2.46. The van der Waals surface area contributed by atoms with Crippen molar-refractivity contribution in [2.75, 3.05) is 6.61 Å². The van der Waals surface area contributed by atoms with Crippen LogP contribution in [0.5, 0.6) is 0 Å². The van der Waals surface area contributed by atoms with Crippen LogP contribution in [-0.4, -0.2) is 17.7 Å². The van der Waals surface area contributed by atoms with Crippen molar-refractivity contribution in [3.05, 3.63) is 35.9 Å². The molecular weight excluding hydrogens is 228 g/mol. The number of hydrogen-bond acceptors (Lipinski definition) is 3. The molecule has 100 valence electrons. The Bertz CT molecular complexity index is 361. The largest absolute Gasteiger partial charge is 0.466 e. The van der Waals surface area contributed by atoms with Gasteiger partial charge in [0.15, 0.2) is 0 Å². The van der Waals surface area contributed by atoms with Crippen LogP contribution in [0.15, 0.2) is 30.3 Å². The highest BCUT2D eigenvalue weighted by molar-refractivity contribution is 5.71. The zero-order valence-corrected chi connectivity index (χ0v) is 11.2. The van der Waals surface area contributed by atoms with Gasteiger partial charge in [0, 0.05) is 0 Å². The molecule has 1 atom stereocenters. The van der Waals surface area contributed by atoms with Gasteiger partial charge in [-0.3, -0.25) is 4.79 Å². The first-order chi connectivity index (χ1) is 8.62. The van der Waals surface area contributed by atoms with Crippen LogP contribution >= 0.6 is 0 Å². The molecule has 0 saturated carbocycles. The van der Waals surface area contributed by atoms with Crippen LogP contribution in [0, 0.1) is 0 Å². The minimum absolute atomic E-state index is 0.0187. The standard InChI is InChI=1S/C15H22O3/c1-3-5-11-15(17,12-14(16)18-4-2)13-9-7-6-8-10-13/h6-10,17H,3-5,11-12H2,1-2H3/t15-/m1/s1. The van der Waals surface area contributed by atoms with Gasteiger partial charge in [-0.25, -0.2) is 0 Å². The van der Waals surface area contributed by atoms with E-state index in [2.05, 4.69) is 6.92 Å². The van der Waals surface area contributed by atoms with Crippen molar-refractivity contribution in [2.45, 2.75) is 45.1 Å². The van der Waals surface area contributed by atoms with Crippen molar-refractivity contribution >= 4 is 5.97 Å². The van der Waals surface area contributed by atoms with Gasteiger partial charge in [-0.15, -0.1) is 0 Å². The molecule has 0 aliphatic carbocycles. The fraction of sp³-hybridized carbons (Fsp3) is 0.533. The Hall–Kier alpha value is -1.35. The quantitative estimate of drug-likeness (QED) is 0.757. The van der Waals surface area contributed by atoms with Gasteiger partial charge in [0.2, 0.25) is 0 Å². The van der Waals surface area contributed by atoms with Gasteiger partial charge in [0.05, 0.1) is 13.0 Å². The lowest BCUT2D eigenvalue weighted by molar-refractivity contribution is -0.149. The molecule has 3 heteroatoms. The van der Waals surface area contributed by atoms with Crippen LogP contribution in [0.4, 0.5) is 0 Å². The lowest BCUT2D eigenvalue weighted by atomic mass is 9.86. The summed E-state index contributed by atoms with van der Waals surface area (Å²) in [5.74, 6) is -0.347. The molecule has 0 spiro atoms. The summed E-state index contributed by atoms with van der Waals surface area (Å²) in [6, 6.07) is 9.35. The fourth-order valence-corrected chi connectivity index (χ4v) is 2.00. The zero-order valence-electron chi connectivity index (χ0n) is 11.2. The maximum atomic E-state index is 11.6. The number of carbonyl (C=O) groups is 1. The van der Waals surface area contributed by atoms with E-state index in [1.165, 1.54) is 0 Å². The summed E-state index contributed by atoms with van der Waals surface area (Å²) in [5, 5.41) is 10.7. The molecule has 0 radical (unpaired) electrons. The van der Waals surface area contributed by atoms with Crippen LogP contribution in [0.25, 0.3) is 0 Å². The highest BCUT2D eigenvalue weighted by Gasteiger charge is 2.32. The first-order valence-electron chi connectivity index (χ1n) is 6.56. The molecule has 0 aliphatic rings. The Kier molecular flexibility index (Phi) is 5.86. The monoisotopic (exact) mass is 250 g/mol. The Morgan fingerprint density at radius 3 is 2.50 bits per heavy atom. The van der Waals surface area contributed by atoms with Crippen LogP contribution < -0.4 is 0 Å². The molecule has 0 aliphatic heterocycles. The van der Waals surface area contributed by atoms with E-state index in [9.17, 15) is 9.90 Å². The normalized spacial score (nSPS) is 13.9. The molecule has 1 aromatic carbocycles. The first-order valence-corrected chi connectivity index (χ1v) is 6.56. The predicted molar refractivity (Wildman–Crippen MR) is 71.1 cm³/mol. The van der Waals surface area contributed by atoms with E-state index in [0.717, 1.165) is 18.4 Å². The summed E-state index contributed by atoms with van der Waals surface area (Å²) >= 11 is 0. The molecule has 1 N–H and O–H groups in total. The van der Waals surface area contributed by atoms with E-state index < -0.39 is 5.60 Å². The van der Waals surface area contributed by atoms with Crippen LogP contribution in [-0.2, 0) is 15.1 Å². The van der Waals surface area contributed by atoms with Gasteiger partial charge in [0.25, 0.3) is 0 Å². The summed E-state index contributed by atoms with van der Waals surface area (Å²) in [6.45, 7) is 4.18. The molecule has 1 aromatic rings. The molecule has 3 nitrogen and oxygen atoms in total. The molecule has 1 rings (SSSR count). The fourth-order valence-electron chi connectivity index (χ4n) is 2.00. The van der Waals surface area contributed by atoms with Crippen LogP contribution in [0.3, 0.4) is 0 Å². The van der Waals surface area contributed by atoms with Crippen LogP contribution in [0.1, 0.15) is 45.1 Å². The smallest absolute Gasteiger partial charge is 0.309 e. The molecule has 0 heterocycles. The Morgan fingerprint density at radius 2 is 1.94 bits per heavy atom. The Labute approximate surface area is 109 Å². The van der Waals surface area contributed by atoms with Crippen LogP contribution in [0.2, 0.25) is 0 Å². The van der Waals surface area contributed by atoms with Crippen molar-refractivity contribution in [2.24, 2.45) is 0 Å². The van der Waals surface area contributed by atoms with Gasteiger partial charge >= 0.3 is 5.97 Å². The minimum Gasteiger partial charge on any atom is -0.466 e. The molecule has 0 aromatic heterocycles. The lowest BCUT2D eigenvalue weighted by Crippen LogP contribution is -2.30. The number of rotatable bonds is 7. The van der Waals surface area contributed by atoms with E-state index >= 15 is 0 Å². The zero-order chi connectivity index (χ0) is 13.4. The van der Waals surface area contributed by atoms with E-state index in [1.54, 1.807) is 6.92 Å². The van der Waals surface area contributed by atoms with E-state index in [-0.39, 0.29) is 12.4 Å². The minimum atomic E-state index is -1.11. The number of aliphatic hydroxyl groups is 1. The van der Waals surface area contributed by atoms with Crippen molar-refractivity contribution in [1.29, 1.82) is 0 Å². The van der Waals surface area contributed by atoms with E-state index in [1.807, 2.05) is 30.3 Å². The number of unbranched alkanes of at least 4 members (excludes halogenated alkanes) is 1. The van der Waals surface area contributed by atoms with Gasteiger partial charge in [0.1, 0.15) is 5.60 Å². The van der Waals surface area contributed by atoms with Crippen molar-refractivity contribution in [3.63, 3.8) is 0 Å². The SMILES string of the molecule is CCCC[C@@](O)(CC(=O)OCC)c1ccccc1. The molecule has 0 saturated heterocycles. The third kappa shape index (κ3) is 4.15. The maximum absolute atomic E-state index is 11.6. The van der Waals surface area contributed by atoms with Crippen molar-refractivity contribution in [3.8, 4) is 0 Å². The second-order valence-corrected chi connectivity index (χ2v) is 4.48. The second kappa shape index (κ2) is 7.17. The van der Waals surface area contributed by atoms with Gasteiger partial charge in [-0.1, -0.05) is 50.1 Å². The van der Waals surface area contributed by atoms with E-state index in [4.69, 9.17) is 4.74 Å². The average molecular weight is 250 g/mol. The second-order valence-electron chi connectivity index (χ2n) is 4.48. The summed E-state index contributed by atoms with van der Waals surface area (Å²) in [4.78, 5) is 11.6. The highest BCUT2D eigenvalue weighted by atomic mass is 16.5. The summed E-state index contributed by atoms with van der Waals surface area (Å²) in [7, 11) is 0.